The summed E-state index contributed by atoms with van der Waals surface area (Å²) in [5.41, 5.74) is 0.400. The maximum atomic E-state index is 11.3. The highest BCUT2D eigenvalue weighted by Crippen LogP contribution is 2.23. The summed E-state index contributed by atoms with van der Waals surface area (Å²) in [5, 5.41) is 11.8. The first-order chi connectivity index (χ1) is 9.74. The highest BCUT2D eigenvalue weighted by molar-refractivity contribution is 7.98. The van der Waals surface area contributed by atoms with Gasteiger partial charge >= 0.3 is 0 Å². The third-order valence-electron chi connectivity index (χ3n) is 2.86. The minimum Gasteiger partial charge on any atom is -0.502 e. The first-order valence-electron chi connectivity index (χ1n) is 5.98. The summed E-state index contributed by atoms with van der Waals surface area (Å²) >= 11 is 1.37. The van der Waals surface area contributed by atoms with E-state index in [2.05, 4.69) is 15.0 Å². The second kappa shape index (κ2) is 5.34. The number of aromatic nitrogens is 3. The van der Waals surface area contributed by atoms with Crippen LogP contribution in [-0.4, -0.2) is 20.1 Å². The molecule has 5 nitrogen and oxygen atoms in total. The van der Waals surface area contributed by atoms with Crippen LogP contribution in [0, 0.1) is 0 Å². The predicted molar refractivity (Wildman–Crippen MR) is 77.8 cm³/mol. The minimum atomic E-state index is -0.534. The Bertz CT molecular complexity index is 811. The number of thioether (sulfide) groups is 1. The number of aromatic amines is 1. The van der Waals surface area contributed by atoms with Crippen LogP contribution in [0.2, 0.25) is 0 Å². The zero-order chi connectivity index (χ0) is 13.9. The minimum absolute atomic E-state index is 0.377. The molecular weight excluding hydrogens is 274 g/mol. The first-order valence-corrected chi connectivity index (χ1v) is 6.96. The van der Waals surface area contributed by atoms with E-state index in [0.717, 1.165) is 22.7 Å². The van der Waals surface area contributed by atoms with Gasteiger partial charge in [-0.2, -0.15) is 0 Å². The molecular formula is C14H11N3O2S. The van der Waals surface area contributed by atoms with Gasteiger partial charge in [0.25, 0.3) is 5.56 Å². The van der Waals surface area contributed by atoms with Crippen molar-refractivity contribution in [2.75, 3.05) is 0 Å². The van der Waals surface area contributed by atoms with Gasteiger partial charge in [0, 0.05) is 17.3 Å². The van der Waals surface area contributed by atoms with Gasteiger partial charge in [-0.15, -0.1) is 0 Å². The van der Waals surface area contributed by atoms with Gasteiger partial charge in [0.15, 0.2) is 10.9 Å². The van der Waals surface area contributed by atoms with E-state index in [4.69, 9.17) is 5.11 Å². The summed E-state index contributed by atoms with van der Waals surface area (Å²) in [7, 11) is 0. The summed E-state index contributed by atoms with van der Waals surface area (Å²) in [5.74, 6) is 0.215. The van der Waals surface area contributed by atoms with Crippen molar-refractivity contribution < 1.29 is 5.11 Å². The topological polar surface area (TPSA) is 78.9 Å². The van der Waals surface area contributed by atoms with Crippen molar-refractivity contribution in [2.24, 2.45) is 0 Å². The number of benzene rings is 1. The van der Waals surface area contributed by atoms with Crippen LogP contribution >= 0.6 is 11.8 Å². The van der Waals surface area contributed by atoms with Crippen LogP contribution in [0.5, 0.6) is 5.75 Å². The second-order valence-electron chi connectivity index (χ2n) is 4.17. The summed E-state index contributed by atoms with van der Waals surface area (Å²) in [6.45, 7) is 0. The van der Waals surface area contributed by atoms with E-state index in [9.17, 15) is 4.79 Å². The molecule has 0 saturated heterocycles. The average Bonchev–Trinajstić information content (AvgIpc) is 2.48. The molecule has 0 aliphatic carbocycles. The number of hydrogen-bond donors (Lipinski definition) is 2. The molecule has 0 unspecified atom stereocenters. The fourth-order valence-electron chi connectivity index (χ4n) is 1.88. The van der Waals surface area contributed by atoms with E-state index in [0.29, 0.717) is 10.9 Å². The molecule has 0 aliphatic heterocycles. The zero-order valence-corrected chi connectivity index (χ0v) is 11.2. The maximum absolute atomic E-state index is 11.3. The number of aromatic hydroxyl groups is 1. The number of nitrogens with zero attached hydrogens (tertiary/aromatic N) is 2. The van der Waals surface area contributed by atoms with Gasteiger partial charge in [-0.1, -0.05) is 36.0 Å². The average molecular weight is 285 g/mol. The van der Waals surface area contributed by atoms with Crippen LogP contribution in [0.3, 0.4) is 0 Å². The molecule has 0 fully saturated rings. The van der Waals surface area contributed by atoms with Gasteiger partial charge in [0.2, 0.25) is 0 Å². The Morgan fingerprint density at radius 2 is 2.05 bits per heavy atom. The first kappa shape index (κ1) is 12.7. The molecule has 0 atom stereocenters. The molecule has 0 amide bonds. The summed E-state index contributed by atoms with van der Waals surface area (Å²) in [6, 6.07) is 9.97. The van der Waals surface area contributed by atoms with E-state index in [1.165, 1.54) is 11.8 Å². The molecule has 2 N–H and O–H groups in total. The Balaban J connectivity index is 1.86. The van der Waals surface area contributed by atoms with Crippen molar-refractivity contribution in [3.8, 4) is 5.75 Å². The highest BCUT2D eigenvalue weighted by atomic mass is 32.2. The van der Waals surface area contributed by atoms with Crippen molar-refractivity contribution >= 4 is 22.5 Å². The standard InChI is InChI=1S/C14H11N3O2S/c18-12-7-16-14(17-13(12)19)20-8-11-10-4-2-1-3-9(10)5-6-15-11/h1-7,18H,8H2,(H,16,17,19). The Hall–Kier alpha value is -2.34. The van der Waals surface area contributed by atoms with Gasteiger partial charge in [-0.05, 0) is 11.5 Å². The Kier molecular flexibility index (Phi) is 3.39. The van der Waals surface area contributed by atoms with E-state index < -0.39 is 5.56 Å². The molecule has 0 saturated carbocycles. The SMILES string of the molecule is O=c1[nH]c(SCc2nccc3ccccc23)ncc1O. The lowest BCUT2D eigenvalue weighted by atomic mass is 10.1. The van der Waals surface area contributed by atoms with Crippen LogP contribution in [0.4, 0.5) is 0 Å². The molecule has 20 heavy (non-hydrogen) atoms. The van der Waals surface area contributed by atoms with Crippen LogP contribution in [-0.2, 0) is 5.75 Å². The molecule has 0 bridgehead atoms. The lowest BCUT2D eigenvalue weighted by Gasteiger charge is -2.04. The van der Waals surface area contributed by atoms with Crippen molar-refractivity contribution in [3.05, 3.63) is 58.8 Å². The molecule has 2 heterocycles. The van der Waals surface area contributed by atoms with Gasteiger partial charge in [-0.3, -0.25) is 14.8 Å². The van der Waals surface area contributed by atoms with Crippen LogP contribution in [0.1, 0.15) is 5.69 Å². The molecule has 3 aromatic rings. The van der Waals surface area contributed by atoms with Gasteiger partial charge in [0.05, 0.1) is 11.9 Å². The van der Waals surface area contributed by atoms with Crippen LogP contribution in [0.25, 0.3) is 10.8 Å². The quantitative estimate of drug-likeness (QED) is 0.570. The largest absolute Gasteiger partial charge is 0.502 e. The second-order valence-corrected chi connectivity index (χ2v) is 5.13. The van der Waals surface area contributed by atoms with Crippen LogP contribution < -0.4 is 5.56 Å². The lowest BCUT2D eigenvalue weighted by molar-refractivity contribution is 0.460. The number of rotatable bonds is 3. The van der Waals surface area contributed by atoms with Gasteiger partial charge in [-0.25, -0.2) is 4.98 Å². The smallest absolute Gasteiger partial charge is 0.293 e. The summed E-state index contributed by atoms with van der Waals surface area (Å²) in [4.78, 5) is 22.1. The Morgan fingerprint density at radius 1 is 1.20 bits per heavy atom. The number of nitrogens with one attached hydrogen (secondary N) is 1. The van der Waals surface area contributed by atoms with E-state index in [-0.39, 0.29) is 5.75 Å². The predicted octanol–water partition coefficient (Wildman–Crippen LogP) is 2.32. The van der Waals surface area contributed by atoms with E-state index >= 15 is 0 Å². The van der Waals surface area contributed by atoms with Crippen LogP contribution in [0.15, 0.2) is 52.7 Å². The van der Waals surface area contributed by atoms with E-state index in [1.807, 2.05) is 30.3 Å². The molecule has 0 spiro atoms. The number of fused-ring (bicyclic) bond motifs is 1. The molecule has 1 aromatic carbocycles. The fraction of sp³-hybridized carbons (Fsp3) is 0.0714. The molecule has 3 rings (SSSR count). The third-order valence-corrected chi connectivity index (χ3v) is 3.76. The van der Waals surface area contributed by atoms with Crippen molar-refractivity contribution in [1.82, 2.24) is 15.0 Å². The fourth-order valence-corrected chi connectivity index (χ4v) is 2.67. The number of hydrogen-bond acceptors (Lipinski definition) is 5. The van der Waals surface area contributed by atoms with Gasteiger partial charge < -0.3 is 5.11 Å². The van der Waals surface area contributed by atoms with Crippen molar-refractivity contribution in [1.29, 1.82) is 0 Å². The maximum Gasteiger partial charge on any atom is 0.293 e. The van der Waals surface area contributed by atoms with E-state index in [1.54, 1.807) is 6.20 Å². The zero-order valence-electron chi connectivity index (χ0n) is 10.4. The molecule has 0 radical (unpaired) electrons. The van der Waals surface area contributed by atoms with Gasteiger partial charge in [0.1, 0.15) is 0 Å². The summed E-state index contributed by atoms with van der Waals surface area (Å²) in [6.07, 6.45) is 2.92. The van der Waals surface area contributed by atoms with Crippen molar-refractivity contribution in [2.45, 2.75) is 10.9 Å². The number of H-pyrrole nitrogens is 1. The molecule has 0 aliphatic rings. The molecule has 2 aromatic heterocycles. The Labute approximate surface area is 118 Å². The lowest BCUT2D eigenvalue weighted by Crippen LogP contribution is -2.07. The number of pyridine rings is 1. The highest BCUT2D eigenvalue weighted by Gasteiger charge is 2.05. The monoisotopic (exact) mass is 285 g/mol. The third kappa shape index (κ3) is 2.50. The normalized spacial score (nSPS) is 10.8. The van der Waals surface area contributed by atoms with Crippen molar-refractivity contribution in [3.63, 3.8) is 0 Å². The Morgan fingerprint density at radius 3 is 2.90 bits per heavy atom. The molecule has 6 heteroatoms. The molecule has 100 valence electrons. The summed E-state index contributed by atoms with van der Waals surface area (Å²) < 4.78 is 0.